The van der Waals surface area contributed by atoms with E-state index in [4.69, 9.17) is 0 Å². The van der Waals surface area contributed by atoms with Gasteiger partial charge in [-0.1, -0.05) is 12.1 Å². The molecule has 0 amide bonds. The van der Waals surface area contributed by atoms with E-state index in [1.807, 2.05) is 43.3 Å². The van der Waals surface area contributed by atoms with Crippen LogP contribution in [0.3, 0.4) is 0 Å². The van der Waals surface area contributed by atoms with E-state index in [1.165, 1.54) is 0 Å². The van der Waals surface area contributed by atoms with Gasteiger partial charge in [0.15, 0.2) is 0 Å². The monoisotopic (exact) mass is 243 g/mol. The zero-order valence-corrected chi connectivity index (χ0v) is 10.6. The highest BCUT2D eigenvalue weighted by molar-refractivity contribution is 5.48. The molecule has 0 bridgehead atoms. The Bertz CT molecular complexity index is 509. The second kappa shape index (κ2) is 5.40. The molecule has 1 heterocycles. The van der Waals surface area contributed by atoms with Crippen molar-refractivity contribution in [3.63, 3.8) is 0 Å². The highest BCUT2D eigenvalue weighted by Gasteiger charge is 1.98. The first-order valence-electron chi connectivity index (χ1n) is 5.80. The normalized spacial score (nSPS) is 10.1. The van der Waals surface area contributed by atoms with Crippen molar-refractivity contribution < 1.29 is 5.11 Å². The number of hydrogen-bond donors (Lipinski definition) is 2. The summed E-state index contributed by atoms with van der Waals surface area (Å²) < 4.78 is 0. The van der Waals surface area contributed by atoms with Gasteiger partial charge in [0, 0.05) is 20.6 Å². The maximum Gasteiger partial charge on any atom is 0.128 e. The summed E-state index contributed by atoms with van der Waals surface area (Å²) >= 11 is 0. The van der Waals surface area contributed by atoms with Crippen LogP contribution in [-0.4, -0.2) is 24.2 Å². The first-order valence-corrected chi connectivity index (χ1v) is 5.80. The minimum absolute atomic E-state index is 0.287. The van der Waals surface area contributed by atoms with Crippen molar-refractivity contribution in [1.82, 2.24) is 4.98 Å². The minimum Gasteiger partial charge on any atom is -0.508 e. The molecule has 18 heavy (non-hydrogen) atoms. The van der Waals surface area contributed by atoms with Gasteiger partial charge in [-0.3, -0.25) is 0 Å². The number of anilines is 2. The molecule has 1 aromatic carbocycles. The van der Waals surface area contributed by atoms with E-state index in [9.17, 15) is 5.11 Å². The second-order valence-corrected chi connectivity index (χ2v) is 4.32. The summed E-state index contributed by atoms with van der Waals surface area (Å²) in [5.41, 5.74) is 2.00. The average molecular weight is 243 g/mol. The Morgan fingerprint density at radius 1 is 1.22 bits per heavy atom. The van der Waals surface area contributed by atoms with Crippen molar-refractivity contribution in [2.45, 2.75) is 6.54 Å². The molecule has 1 aromatic heterocycles. The molecular weight excluding hydrogens is 226 g/mol. The van der Waals surface area contributed by atoms with E-state index in [2.05, 4.69) is 10.3 Å². The van der Waals surface area contributed by atoms with Gasteiger partial charge < -0.3 is 15.3 Å². The van der Waals surface area contributed by atoms with E-state index < -0.39 is 0 Å². The number of nitrogens with zero attached hydrogens (tertiary/aromatic N) is 2. The molecule has 0 aliphatic carbocycles. The number of hydrogen-bond acceptors (Lipinski definition) is 4. The first-order chi connectivity index (χ1) is 8.65. The predicted octanol–water partition coefficient (Wildman–Crippen LogP) is 2.47. The summed E-state index contributed by atoms with van der Waals surface area (Å²) in [6.45, 7) is 0.664. The molecule has 0 aliphatic rings. The molecule has 0 aliphatic heterocycles. The van der Waals surface area contributed by atoms with Crippen LogP contribution >= 0.6 is 0 Å². The van der Waals surface area contributed by atoms with E-state index in [-0.39, 0.29) is 5.75 Å². The van der Waals surface area contributed by atoms with E-state index in [0.29, 0.717) is 6.54 Å². The lowest BCUT2D eigenvalue weighted by molar-refractivity contribution is 0.474. The molecule has 0 saturated heterocycles. The van der Waals surface area contributed by atoms with Crippen LogP contribution in [0, 0.1) is 0 Å². The third-order valence-electron chi connectivity index (χ3n) is 2.61. The molecule has 0 fully saturated rings. The van der Waals surface area contributed by atoms with Crippen molar-refractivity contribution in [3.8, 4) is 5.75 Å². The minimum atomic E-state index is 0.287. The lowest BCUT2D eigenvalue weighted by atomic mass is 10.2. The zero-order valence-electron chi connectivity index (χ0n) is 10.6. The number of phenolic OH excluding ortho intramolecular Hbond substituents is 1. The van der Waals surface area contributed by atoms with Crippen LogP contribution in [0.2, 0.25) is 0 Å². The third-order valence-corrected chi connectivity index (χ3v) is 2.61. The fraction of sp³-hybridized carbons (Fsp3) is 0.214. The quantitative estimate of drug-likeness (QED) is 0.866. The molecule has 2 N–H and O–H groups in total. The third kappa shape index (κ3) is 3.13. The van der Waals surface area contributed by atoms with Crippen molar-refractivity contribution in [3.05, 3.63) is 48.2 Å². The van der Waals surface area contributed by atoms with Gasteiger partial charge in [0.25, 0.3) is 0 Å². The summed E-state index contributed by atoms with van der Waals surface area (Å²) in [5.74, 6) is 1.22. The van der Waals surface area contributed by atoms with Gasteiger partial charge in [-0.25, -0.2) is 4.98 Å². The Kier molecular flexibility index (Phi) is 3.67. The zero-order chi connectivity index (χ0) is 13.0. The van der Waals surface area contributed by atoms with Gasteiger partial charge in [-0.15, -0.1) is 0 Å². The fourth-order valence-electron chi connectivity index (χ4n) is 1.63. The molecule has 2 rings (SSSR count). The standard InChI is InChI=1S/C14H17N3O/c1-17(2)14-7-6-12(10-16-14)15-9-11-4-3-5-13(18)8-11/h3-8,10,15,18H,9H2,1-2H3. The Labute approximate surface area is 107 Å². The van der Waals surface area contributed by atoms with Gasteiger partial charge in [-0.05, 0) is 29.8 Å². The lowest BCUT2D eigenvalue weighted by Gasteiger charge is -2.12. The van der Waals surface area contributed by atoms with Crippen molar-refractivity contribution >= 4 is 11.5 Å². The Hall–Kier alpha value is -2.23. The average Bonchev–Trinajstić information content (AvgIpc) is 2.37. The number of benzene rings is 1. The number of aromatic hydroxyl groups is 1. The fourth-order valence-corrected chi connectivity index (χ4v) is 1.63. The summed E-state index contributed by atoms with van der Waals surface area (Å²) in [5, 5.41) is 12.6. The number of phenols is 1. The van der Waals surface area contributed by atoms with Crippen LogP contribution in [0.4, 0.5) is 11.5 Å². The Balaban J connectivity index is 1.98. The molecule has 4 heteroatoms. The lowest BCUT2D eigenvalue weighted by Crippen LogP contribution is -2.10. The summed E-state index contributed by atoms with van der Waals surface area (Å²) in [7, 11) is 3.92. The maximum absolute atomic E-state index is 9.36. The number of rotatable bonds is 4. The van der Waals surface area contributed by atoms with Crippen LogP contribution in [0.5, 0.6) is 5.75 Å². The summed E-state index contributed by atoms with van der Waals surface area (Å²) in [6, 6.07) is 11.2. The van der Waals surface area contributed by atoms with Gasteiger partial charge in [0.2, 0.25) is 0 Å². The highest BCUT2D eigenvalue weighted by Crippen LogP contribution is 2.15. The van der Waals surface area contributed by atoms with Gasteiger partial charge in [-0.2, -0.15) is 0 Å². The van der Waals surface area contributed by atoms with E-state index >= 15 is 0 Å². The smallest absolute Gasteiger partial charge is 0.128 e. The SMILES string of the molecule is CN(C)c1ccc(NCc2cccc(O)c2)cn1. The van der Waals surface area contributed by atoms with Crippen LogP contribution < -0.4 is 10.2 Å². The van der Waals surface area contributed by atoms with Gasteiger partial charge in [0.1, 0.15) is 11.6 Å². The molecular formula is C14H17N3O. The molecule has 0 spiro atoms. The Morgan fingerprint density at radius 3 is 2.67 bits per heavy atom. The maximum atomic E-state index is 9.36. The van der Waals surface area contributed by atoms with Gasteiger partial charge >= 0.3 is 0 Å². The van der Waals surface area contributed by atoms with Crippen LogP contribution in [0.15, 0.2) is 42.6 Å². The largest absolute Gasteiger partial charge is 0.508 e. The van der Waals surface area contributed by atoms with Crippen LogP contribution in [0.1, 0.15) is 5.56 Å². The molecule has 4 nitrogen and oxygen atoms in total. The second-order valence-electron chi connectivity index (χ2n) is 4.32. The van der Waals surface area contributed by atoms with E-state index in [0.717, 1.165) is 17.1 Å². The molecule has 94 valence electrons. The molecule has 0 unspecified atom stereocenters. The number of aromatic nitrogens is 1. The predicted molar refractivity (Wildman–Crippen MR) is 74.0 cm³/mol. The number of pyridine rings is 1. The van der Waals surface area contributed by atoms with E-state index in [1.54, 1.807) is 18.3 Å². The first kappa shape index (κ1) is 12.2. The van der Waals surface area contributed by atoms with Crippen molar-refractivity contribution in [2.75, 3.05) is 24.3 Å². The summed E-state index contributed by atoms with van der Waals surface area (Å²) in [4.78, 5) is 6.28. The van der Waals surface area contributed by atoms with Crippen LogP contribution in [-0.2, 0) is 6.54 Å². The molecule has 0 atom stereocenters. The Morgan fingerprint density at radius 2 is 2.06 bits per heavy atom. The summed E-state index contributed by atoms with van der Waals surface area (Å²) in [6.07, 6.45) is 1.80. The molecule has 0 saturated carbocycles. The van der Waals surface area contributed by atoms with Gasteiger partial charge in [0.05, 0.1) is 11.9 Å². The molecule has 0 radical (unpaired) electrons. The van der Waals surface area contributed by atoms with Crippen molar-refractivity contribution in [2.24, 2.45) is 0 Å². The topological polar surface area (TPSA) is 48.4 Å². The highest BCUT2D eigenvalue weighted by atomic mass is 16.3. The number of nitrogens with one attached hydrogen (secondary N) is 1. The van der Waals surface area contributed by atoms with Crippen molar-refractivity contribution in [1.29, 1.82) is 0 Å². The van der Waals surface area contributed by atoms with Crippen LogP contribution in [0.25, 0.3) is 0 Å². The molecule has 2 aromatic rings.